The van der Waals surface area contributed by atoms with Gasteiger partial charge in [0.15, 0.2) is 4.34 Å². The molecule has 3 rings (SSSR count). The maximum atomic E-state index is 12.6. The van der Waals surface area contributed by atoms with Crippen molar-refractivity contribution in [3.63, 3.8) is 0 Å². The lowest BCUT2D eigenvalue weighted by atomic mass is 10.1. The van der Waals surface area contributed by atoms with Gasteiger partial charge in [0.25, 0.3) is 0 Å². The summed E-state index contributed by atoms with van der Waals surface area (Å²) in [6, 6.07) is 7.14. The number of benzene rings is 1. The van der Waals surface area contributed by atoms with E-state index in [1.165, 1.54) is 23.1 Å². The summed E-state index contributed by atoms with van der Waals surface area (Å²) in [6.07, 6.45) is 0.130. The van der Waals surface area contributed by atoms with E-state index in [9.17, 15) is 14.4 Å². The molecule has 0 bridgehead atoms. The maximum absolute atomic E-state index is 12.6. The Balaban J connectivity index is 1.52. The fourth-order valence-electron chi connectivity index (χ4n) is 3.00. The molecule has 0 radical (unpaired) electrons. The minimum Gasteiger partial charge on any atom is -0.497 e. The van der Waals surface area contributed by atoms with Gasteiger partial charge in [-0.2, -0.15) is 0 Å². The van der Waals surface area contributed by atoms with Gasteiger partial charge in [-0.1, -0.05) is 23.1 Å². The van der Waals surface area contributed by atoms with Gasteiger partial charge in [0, 0.05) is 24.2 Å². The Labute approximate surface area is 188 Å². The van der Waals surface area contributed by atoms with Gasteiger partial charge in [-0.05, 0) is 45.0 Å². The number of thioether (sulfide) groups is 1. The van der Waals surface area contributed by atoms with Crippen molar-refractivity contribution in [1.82, 2.24) is 15.5 Å². The van der Waals surface area contributed by atoms with Crippen molar-refractivity contribution in [3.8, 4) is 5.75 Å². The molecule has 1 aliphatic rings. The van der Waals surface area contributed by atoms with Gasteiger partial charge < -0.3 is 20.3 Å². The van der Waals surface area contributed by atoms with Crippen LogP contribution in [-0.2, 0) is 14.4 Å². The number of ether oxygens (including phenoxy) is 1. The first-order chi connectivity index (χ1) is 14.6. The number of carbonyl (C=O) groups excluding carboxylic acids is 3. The van der Waals surface area contributed by atoms with Crippen LogP contribution in [0.3, 0.4) is 0 Å². The number of hydrogen-bond acceptors (Lipinski definition) is 8. The lowest BCUT2D eigenvalue weighted by Crippen LogP contribution is -2.41. The van der Waals surface area contributed by atoms with E-state index in [0.29, 0.717) is 21.8 Å². The molecule has 1 fully saturated rings. The van der Waals surface area contributed by atoms with E-state index in [4.69, 9.17) is 4.74 Å². The summed E-state index contributed by atoms with van der Waals surface area (Å²) >= 11 is 2.46. The van der Waals surface area contributed by atoms with E-state index in [2.05, 4.69) is 20.8 Å². The summed E-state index contributed by atoms with van der Waals surface area (Å²) in [4.78, 5) is 38.5. The third-order valence-electron chi connectivity index (χ3n) is 4.36. The number of rotatable bonds is 7. The summed E-state index contributed by atoms with van der Waals surface area (Å²) in [5, 5.41) is 13.9. The van der Waals surface area contributed by atoms with E-state index in [1.807, 2.05) is 20.8 Å². The molecule has 0 unspecified atom stereocenters. The molecular weight excluding hydrogens is 438 g/mol. The van der Waals surface area contributed by atoms with Gasteiger partial charge in [-0.15, -0.1) is 10.2 Å². The fraction of sp³-hybridized carbons (Fsp3) is 0.450. The quantitative estimate of drug-likeness (QED) is 0.479. The number of anilines is 2. The maximum Gasteiger partial charge on any atom is 0.231 e. The van der Waals surface area contributed by atoms with Crippen molar-refractivity contribution in [1.29, 1.82) is 0 Å². The number of hydrogen-bond donors (Lipinski definition) is 2. The van der Waals surface area contributed by atoms with Gasteiger partial charge in [0.05, 0.1) is 18.8 Å². The van der Waals surface area contributed by atoms with E-state index in [0.717, 1.165) is 5.69 Å². The van der Waals surface area contributed by atoms with Crippen molar-refractivity contribution in [2.45, 2.75) is 37.1 Å². The van der Waals surface area contributed by atoms with Crippen molar-refractivity contribution in [2.75, 3.05) is 29.6 Å². The van der Waals surface area contributed by atoms with Crippen LogP contribution in [0.5, 0.6) is 5.75 Å². The van der Waals surface area contributed by atoms with Crippen LogP contribution in [0.15, 0.2) is 28.6 Å². The molecule has 31 heavy (non-hydrogen) atoms. The van der Waals surface area contributed by atoms with Crippen LogP contribution in [0.25, 0.3) is 0 Å². The Morgan fingerprint density at radius 3 is 2.61 bits per heavy atom. The number of methoxy groups -OCH3 is 1. The predicted octanol–water partition coefficient (Wildman–Crippen LogP) is 2.55. The molecule has 11 heteroatoms. The van der Waals surface area contributed by atoms with Gasteiger partial charge in [0.2, 0.25) is 22.9 Å². The summed E-state index contributed by atoms with van der Waals surface area (Å²) in [7, 11) is 1.58. The molecule has 1 aromatic heterocycles. The highest BCUT2D eigenvalue weighted by molar-refractivity contribution is 8.01. The zero-order valence-corrected chi connectivity index (χ0v) is 19.4. The predicted molar refractivity (Wildman–Crippen MR) is 121 cm³/mol. The second-order valence-corrected chi connectivity index (χ2v) is 10.3. The molecule has 166 valence electrons. The molecule has 9 nitrogen and oxygen atoms in total. The molecule has 1 aromatic carbocycles. The molecule has 2 heterocycles. The Kier molecular flexibility index (Phi) is 7.16. The van der Waals surface area contributed by atoms with Crippen LogP contribution < -0.4 is 20.3 Å². The smallest absolute Gasteiger partial charge is 0.231 e. The Morgan fingerprint density at radius 1 is 1.26 bits per heavy atom. The summed E-state index contributed by atoms with van der Waals surface area (Å²) in [5.74, 6) is -0.0429. The number of nitrogens with zero attached hydrogens (tertiary/aromatic N) is 3. The van der Waals surface area contributed by atoms with E-state index in [1.54, 1.807) is 36.3 Å². The third kappa shape index (κ3) is 6.41. The summed E-state index contributed by atoms with van der Waals surface area (Å²) < 4.78 is 5.72. The van der Waals surface area contributed by atoms with E-state index >= 15 is 0 Å². The zero-order valence-electron chi connectivity index (χ0n) is 17.8. The van der Waals surface area contributed by atoms with Crippen LogP contribution in [0.1, 0.15) is 27.2 Å². The molecule has 0 saturated carbocycles. The zero-order chi connectivity index (χ0) is 22.6. The van der Waals surface area contributed by atoms with E-state index in [-0.39, 0.29) is 35.4 Å². The van der Waals surface area contributed by atoms with Gasteiger partial charge in [-0.25, -0.2) is 0 Å². The second-order valence-electron chi connectivity index (χ2n) is 8.05. The molecule has 1 atom stereocenters. The van der Waals surface area contributed by atoms with Gasteiger partial charge >= 0.3 is 0 Å². The highest BCUT2D eigenvalue weighted by atomic mass is 32.2. The molecular formula is C20H25N5O4S2. The summed E-state index contributed by atoms with van der Waals surface area (Å²) in [6.45, 7) is 6.04. The van der Waals surface area contributed by atoms with Gasteiger partial charge in [0.1, 0.15) is 5.75 Å². The van der Waals surface area contributed by atoms with Gasteiger partial charge in [-0.3, -0.25) is 14.4 Å². The largest absolute Gasteiger partial charge is 0.497 e. The van der Waals surface area contributed by atoms with Crippen LogP contribution in [-0.4, -0.2) is 52.9 Å². The number of nitrogens with one attached hydrogen (secondary N) is 2. The van der Waals surface area contributed by atoms with Crippen molar-refractivity contribution in [3.05, 3.63) is 24.3 Å². The Bertz CT molecular complexity index is 955. The Morgan fingerprint density at radius 2 is 1.97 bits per heavy atom. The van der Waals surface area contributed by atoms with Crippen LogP contribution in [0, 0.1) is 5.92 Å². The molecule has 0 aliphatic carbocycles. The first-order valence-electron chi connectivity index (χ1n) is 9.67. The third-order valence-corrected chi connectivity index (χ3v) is 6.33. The minimum absolute atomic E-state index is 0.0959. The van der Waals surface area contributed by atoms with Crippen LogP contribution in [0.2, 0.25) is 0 Å². The monoisotopic (exact) mass is 463 g/mol. The van der Waals surface area contributed by atoms with Crippen LogP contribution >= 0.6 is 23.1 Å². The number of amides is 3. The first-order valence-corrected chi connectivity index (χ1v) is 11.5. The first kappa shape index (κ1) is 23.0. The molecule has 1 aliphatic heterocycles. The number of carbonyl (C=O) groups is 3. The standard InChI is InChI=1S/C20H25N5O4S2/c1-20(2,3)22-15(26)11-30-19-24-23-18(31-19)21-17(28)12-9-16(27)25(10-12)13-5-7-14(29-4)8-6-13/h5-8,12H,9-11H2,1-4H3,(H,22,26)(H,21,23,28)/t12-/m1/s1. The lowest BCUT2D eigenvalue weighted by molar-refractivity contribution is -0.122. The lowest BCUT2D eigenvalue weighted by Gasteiger charge is -2.19. The Hall–Kier alpha value is -2.66. The molecule has 2 aromatic rings. The highest BCUT2D eigenvalue weighted by Crippen LogP contribution is 2.29. The average Bonchev–Trinajstić information content (AvgIpc) is 3.31. The molecule has 1 saturated heterocycles. The molecule has 3 amide bonds. The summed E-state index contributed by atoms with van der Waals surface area (Å²) in [5.41, 5.74) is 0.431. The fourth-order valence-corrected chi connectivity index (χ4v) is 4.56. The molecule has 0 spiro atoms. The highest BCUT2D eigenvalue weighted by Gasteiger charge is 2.35. The minimum atomic E-state index is -0.479. The normalized spacial score (nSPS) is 16.3. The van der Waals surface area contributed by atoms with Crippen molar-refractivity contribution >= 4 is 51.6 Å². The van der Waals surface area contributed by atoms with Crippen molar-refractivity contribution in [2.24, 2.45) is 5.92 Å². The topological polar surface area (TPSA) is 114 Å². The second kappa shape index (κ2) is 9.65. The van der Waals surface area contributed by atoms with Crippen LogP contribution in [0.4, 0.5) is 10.8 Å². The average molecular weight is 464 g/mol. The van der Waals surface area contributed by atoms with Crippen molar-refractivity contribution < 1.29 is 19.1 Å². The SMILES string of the molecule is COc1ccc(N2C[C@H](C(=O)Nc3nnc(SCC(=O)NC(C)(C)C)s3)CC2=O)cc1. The van der Waals surface area contributed by atoms with E-state index < -0.39 is 5.92 Å². The number of aromatic nitrogens is 2. The molecule has 2 N–H and O–H groups in total.